The van der Waals surface area contributed by atoms with Gasteiger partial charge in [-0.1, -0.05) is 12.1 Å². The number of fused-ring (bicyclic) bond motifs is 1. The first-order chi connectivity index (χ1) is 12.6. The molecule has 26 heavy (non-hydrogen) atoms. The molecule has 1 amide bonds. The minimum absolute atomic E-state index is 0.144. The van der Waals surface area contributed by atoms with Crippen molar-refractivity contribution in [1.29, 1.82) is 0 Å². The number of benzene rings is 1. The molecule has 5 nitrogen and oxygen atoms in total. The Labute approximate surface area is 154 Å². The van der Waals surface area contributed by atoms with Crippen molar-refractivity contribution in [3.05, 3.63) is 35.6 Å². The second-order valence-corrected chi connectivity index (χ2v) is 7.82. The summed E-state index contributed by atoms with van der Waals surface area (Å²) in [5.41, 5.74) is 1.13. The number of ether oxygens (including phenoxy) is 1. The second kappa shape index (κ2) is 7.62. The molecule has 142 valence electrons. The average molecular weight is 361 g/mol. The lowest BCUT2D eigenvalue weighted by Gasteiger charge is -2.39. The number of hydrogen-bond donors (Lipinski definition) is 0. The van der Waals surface area contributed by atoms with Crippen molar-refractivity contribution in [2.45, 2.75) is 44.1 Å². The maximum atomic E-state index is 13.1. The third-order valence-corrected chi connectivity index (χ3v) is 6.05. The van der Waals surface area contributed by atoms with E-state index in [0.29, 0.717) is 6.04 Å². The fourth-order valence-electron chi connectivity index (χ4n) is 4.45. The number of piperazine rings is 1. The predicted molar refractivity (Wildman–Crippen MR) is 97.2 cm³/mol. The topological polar surface area (TPSA) is 36.0 Å². The van der Waals surface area contributed by atoms with Gasteiger partial charge in [0.2, 0.25) is 0 Å². The zero-order valence-corrected chi connectivity index (χ0v) is 15.4. The van der Waals surface area contributed by atoms with Gasteiger partial charge < -0.3 is 14.5 Å². The number of likely N-dealkylation sites (tertiary alicyclic amines) is 1. The molecule has 3 heterocycles. The number of nitrogens with zero attached hydrogens (tertiary/aromatic N) is 3. The van der Waals surface area contributed by atoms with Crippen LogP contribution in [0.2, 0.25) is 0 Å². The van der Waals surface area contributed by atoms with Gasteiger partial charge in [0, 0.05) is 45.3 Å². The van der Waals surface area contributed by atoms with Crippen LogP contribution in [0.4, 0.5) is 4.39 Å². The summed E-state index contributed by atoms with van der Waals surface area (Å²) in [6.45, 7) is 5.29. The first kappa shape index (κ1) is 17.9. The third kappa shape index (κ3) is 3.77. The SMILES string of the molecule is CN1CCN(C(=O)[C@H]2CC[C@@H]3[C@@H](CCN3Cc3ccc(F)cc3)O2)CC1. The average Bonchev–Trinajstić information content (AvgIpc) is 3.06. The zero-order valence-electron chi connectivity index (χ0n) is 15.4. The molecule has 0 saturated carbocycles. The van der Waals surface area contributed by atoms with Gasteiger partial charge in [0.05, 0.1) is 6.10 Å². The van der Waals surface area contributed by atoms with Gasteiger partial charge in [0.1, 0.15) is 11.9 Å². The molecule has 0 unspecified atom stereocenters. The molecule has 6 heteroatoms. The van der Waals surface area contributed by atoms with Crippen LogP contribution in [-0.4, -0.2) is 78.6 Å². The Kier molecular flexibility index (Phi) is 5.25. The Hall–Kier alpha value is -1.50. The largest absolute Gasteiger partial charge is 0.363 e. The molecule has 0 aromatic heterocycles. The van der Waals surface area contributed by atoms with Crippen molar-refractivity contribution < 1.29 is 13.9 Å². The lowest BCUT2D eigenvalue weighted by molar-refractivity contribution is -0.156. The normalized spacial score (nSPS) is 30.4. The van der Waals surface area contributed by atoms with E-state index in [1.807, 2.05) is 17.0 Å². The predicted octanol–water partition coefficient (Wildman–Crippen LogP) is 1.72. The monoisotopic (exact) mass is 361 g/mol. The van der Waals surface area contributed by atoms with Gasteiger partial charge in [-0.05, 0) is 44.0 Å². The standard InChI is InChI=1S/C20H28FN3O2/c1-22-10-12-23(13-11-22)20(25)19-7-6-17-18(26-19)8-9-24(17)14-15-2-4-16(21)5-3-15/h2-5,17-19H,6-14H2,1H3/t17-,18-,19-/m1/s1. The van der Waals surface area contributed by atoms with Crippen LogP contribution in [-0.2, 0) is 16.1 Å². The van der Waals surface area contributed by atoms with Crippen molar-refractivity contribution >= 4 is 5.91 Å². The smallest absolute Gasteiger partial charge is 0.251 e. The molecule has 3 fully saturated rings. The molecule has 3 atom stereocenters. The highest BCUT2D eigenvalue weighted by Crippen LogP contribution is 2.33. The molecule has 0 bridgehead atoms. The van der Waals surface area contributed by atoms with Gasteiger partial charge in [-0.3, -0.25) is 9.69 Å². The molecule has 1 aromatic rings. The van der Waals surface area contributed by atoms with Gasteiger partial charge >= 0.3 is 0 Å². The van der Waals surface area contributed by atoms with Crippen molar-refractivity contribution in [3.8, 4) is 0 Å². The Morgan fingerprint density at radius 3 is 2.54 bits per heavy atom. The maximum Gasteiger partial charge on any atom is 0.251 e. The number of halogens is 1. The number of likely N-dealkylation sites (N-methyl/N-ethyl adjacent to an activating group) is 1. The number of carbonyl (C=O) groups excluding carboxylic acids is 1. The van der Waals surface area contributed by atoms with Gasteiger partial charge in [0.15, 0.2) is 0 Å². The first-order valence-corrected chi connectivity index (χ1v) is 9.71. The molecule has 0 spiro atoms. The summed E-state index contributed by atoms with van der Waals surface area (Å²) >= 11 is 0. The van der Waals surface area contributed by atoms with Crippen molar-refractivity contribution in [2.24, 2.45) is 0 Å². The van der Waals surface area contributed by atoms with Crippen LogP contribution in [0.25, 0.3) is 0 Å². The molecule has 0 aliphatic carbocycles. The second-order valence-electron chi connectivity index (χ2n) is 7.82. The van der Waals surface area contributed by atoms with E-state index in [1.54, 1.807) is 0 Å². The summed E-state index contributed by atoms with van der Waals surface area (Å²) in [7, 11) is 2.09. The van der Waals surface area contributed by atoms with Crippen LogP contribution in [0.5, 0.6) is 0 Å². The van der Waals surface area contributed by atoms with Crippen LogP contribution in [0.3, 0.4) is 0 Å². The van der Waals surface area contributed by atoms with E-state index in [4.69, 9.17) is 4.74 Å². The summed E-state index contributed by atoms with van der Waals surface area (Å²) < 4.78 is 19.3. The quantitative estimate of drug-likeness (QED) is 0.821. The lowest BCUT2D eigenvalue weighted by atomic mass is 9.98. The molecule has 0 radical (unpaired) electrons. The molecular weight excluding hydrogens is 333 g/mol. The maximum absolute atomic E-state index is 13.1. The first-order valence-electron chi connectivity index (χ1n) is 9.71. The number of amides is 1. The van der Waals surface area contributed by atoms with Crippen LogP contribution in [0.15, 0.2) is 24.3 Å². The molecule has 3 aliphatic heterocycles. The van der Waals surface area contributed by atoms with E-state index in [1.165, 1.54) is 12.1 Å². The summed E-state index contributed by atoms with van der Waals surface area (Å²) in [5, 5.41) is 0. The van der Waals surface area contributed by atoms with E-state index in [2.05, 4.69) is 16.8 Å². The Bertz CT molecular complexity index is 630. The molecule has 4 rings (SSSR count). The van der Waals surface area contributed by atoms with E-state index >= 15 is 0 Å². The summed E-state index contributed by atoms with van der Waals surface area (Å²) in [4.78, 5) is 19.4. The van der Waals surface area contributed by atoms with Gasteiger partial charge in [-0.15, -0.1) is 0 Å². The summed E-state index contributed by atoms with van der Waals surface area (Å²) in [6.07, 6.45) is 2.64. The van der Waals surface area contributed by atoms with E-state index in [-0.39, 0.29) is 23.9 Å². The number of hydrogen-bond acceptors (Lipinski definition) is 4. The molecular formula is C20H28FN3O2. The number of carbonyl (C=O) groups is 1. The zero-order chi connectivity index (χ0) is 18.1. The van der Waals surface area contributed by atoms with E-state index < -0.39 is 0 Å². The van der Waals surface area contributed by atoms with E-state index in [0.717, 1.165) is 64.1 Å². The van der Waals surface area contributed by atoms with Gasteiger partial charge in [-0.25, -0.2) is 4.39 Å². The fourth-order valence-corrected chi connectivity index (χ4v) is 4.45. The number of rotatable bonds is 3. The van der Waals surface area contributed by atoms with Crippen LogP contribution >= 0.6 is 0 Å². The Balaban J connectivity index is 1.33. The van der Waals surface area contributed by atoms with Crippen molar-refractivity contribution in [2.75, 3.05) is 39.8 Å². The fraction of sp³-hybridized carbons (Fsp3) is 0.650. The highest BCUT2D eigenvalue weighted by molar-refractivity contribution is 5.81. The Morgan fingerprint density at radius 1 is 1.08 bits per heavy atom. The minimum atomic E-state index is -0.273. The summed E-state index contributed by atoms with van der Waals surface area (Å²) in [5.74, 6) is -0.0205. The lowest BCUT2D eigenvalue weighted by Crippen LogP contribution is -2.53. The highest BCUT2D eigenvalue weighted by Gasteiger charge is 2.42. The highest BCUT2D eigenvalue weighted by atomic mass is 19.1. The van der Waals surface area contributed by atoms with Crippen LogP contribution in [0.1, 0.15) is 24.8 Å². The molecule has 3 saturated heterocycles. The molecule has 1 aromatic carbocycles. The summed E-state index contributed by atoms with van der Waals surface area (Å²) in [6, 6.07) is 7.12. The third-order valence-electron chi connectivity index (χ3n) is 6.05. The van der Waals surface area contributed by atoms with Gasteiger partial charge in [0.25, 0.3) is 5.91 Å². The molecule has 0 N–H and O–H groups in total. The molecule has 3 aliphatic rings. The van der Waals surface area contributed by atoms with Crippen molar-refractivity contribution in [1.82, 2.24) is 14.7 Å². The van der Waals surface area contributed by atoms with Crippen LogP contribution in [0, 0.1) is 5.82 Å². The van der Waals surface area contributed by atoms with E-state index in [9.17, 15) is 9.18 Å². The van der Waals surface area contributed by atoms with Crippen LogP contribution < -0.4 is 0 Å². The minimum Gasteiger partial charge on any atom is -0.363 e. The van der Waals surface area contributed by atoms with Gasteiger partial charge in [-0.2, -0.15) is 0 Å². The van der Waals surface area contributed by atoms with Crippen molar-refractivity contribution in [3.63, 3.8) is 0 Å². The Morgan fingerprint density at radius 2 is 1.81 bits per heavy atom.